The van der Waals surface area contributed by atoms with Gasteiger partial charge in [-0.2, -0.15) is 0 Å². The maximum Gasteiger partial charge on any atom is 0.236 e. The van der Waals surface area contributed by atoms with E-state index < -0.39 is 17.6 Å². The first-order valence-corrected chi connectivity index (χ1v) is 4.76. The monoisotopic (exact) mass is 240 g/mol. The van der Waals surface area contributed by atoms with Crippen LogP contribution in [0.15, 0.2) is 18.2 Å². The van der Waals surface area contributed by atoms with Crippen molar-refractivity contribution in [2.24, 2.45) is 11.5 Å². The maximum atomic E-state index is 13.1. The van der Waals surface area contributed by atoms with E-state index in [0.29, 0.717) is 0 Å². The van der Waals surface area contributed by atoms with Crippen LogP contribution in [0.1, 0.15) is 0 Å². The van der Waals surface area contributed by atoms with E-state index in [9.17, 15) is 14.0 Å². The quantitative estimate of drug-likeness (QED) is 0.583. The van der Waals surface area contributed by atoms with Gasteiger partial charge in [0.05, 0.1) is 13.1 Å². The van der Waals surface area contributed by atoms with E-state index in [0.717, 1.165) is 12.1 Å². The van der Waals surface area contributed by atoms with Crippen molar-refractivity contribution in [2.45, 2.75) is 0 Å². The lowest BCUT2D eigenvalue weighted by molar-refractivity contribution is -0.117. The zero-order valence-corrected chi connectivity index (χ0v) is 9.02. The van der Waals surface area contributed by atoms with Crippen molar-refractivity contribution in [3.05, 3.63) is 24.0 Å². The van der Waals surface area contributed by atoms with Gasteiger partial charge >= 0.3 is 0 Å². The molecule has 1 rings (SSSR count). The Bertz CT molecular complexity index is 414. The van der Waals surface area contributed by atoms with E-state index in [4.69, 9.17) is 17.2 Å². The fourth-order valence-electron chi connectivity index (χ4n) is 1.39. The van der Waals surface area contributed by atoms with E-state index in [2.05, 4.69) is 0 Å². The number of benzene rings is 1. The second kappa shape index (κ2) is 5.15. The van der Waals surface area contributed by atoms with Crippen molar-refractivity contribution in [3.63, 3.8) is 0 Å². The Balaban J connectivity index is 3.02. The van der Waals surface area contributed by atoms with Crippen molar-refractivity contribution < 1.29 is 14.0 Å². The molecule has 92 valence electrons. The first-order valence-electron chi connectivity index (χ1n) is 4.76. The molecule has 0 radical (unpaired) electrons. The van der Waals surface area contributed by atoms with Crippen LogP contribution in [-0.4, -0.2) is 24.9 Å². The normalized spacial score (nSPS) is 9.94. The van der Waals surface area contributed by atoms with Crippen LogP contribution in [0.3, 0.4) is 0 Å². The molecular formula is C10H13FN4O2. The zero-order valence-electron chi connectivity index (χ0n) is 9.02. The fraction of sp³-hybridized carbons (Fsp3) is 0.200. The Hall–Kier alpha value is -2.31. The largest absolute Gasteiger partial charge is 0.399 e. The molecule has 0 heterocycles. The number of anilines is 2. The smallest absolute Gasteiger partial charge is 0.236 e. The third kappa shape index (κ3) is 3.98. The van der Waals surface area contributed by atoms with Crippen LogP contribution in [0, 0.1) is 5.82 Å². The molecule has 0 aliphatic rings. The molecule has 7 heteroatoms. The summed E-state index contributed by atoms with van der Waals surface area (Å²) in [6, 6.07) is 3.69. The first kappa shape index (κ1) is 12.8. The van der Waals surface area contributed by atoms with Gasteiger partial charge in [-0.15, -0.1) is 0 Å². The summed E-state index contributed by atoms with van der Waals surface area (Å²) in [6.07, 6.45) is 0. The van der Waals surface area contributed by atoms with Crippen molar-refractivity contribution >= 4 is 23.2 Å². The summed E-state index contributed by atoms with van der Waals surface area (Å²) in [4.78, 5) is 22.9. The second-order valence-corrected chi connectivity index (χ2v) is 3.53. The molecule has 1 aromatic carbocycles. The van der Waals surface area contributed by atoms with Crippen LogP contribution in [0.2, 0.25) is 0 Å². The zero-order chi connectivity index (χ0) is 13.0. The molecule has 0 bridgehead atoms. The predicted molar refractivity (Wildman–Crippen MR) is 61.4 cm³/mol. The number of nitrogen functional groups attached to an aromatic ring is 1. The lowest BCUT2D eigenvalue weighted by atomic mass is 10.2. The molecule has 0 unspecified atom stereocenters. The number of carbonyl (C=O) groups excluding carboxylic acids is 2. The van der Waals surface area contributed by atoms with E-state index in [1.165, 1.54) is 11.0 Å². The van der Waals surface area contributed by atoms with Crippen molar-refractivity contribution in [1.82, 2.24) is 0 Å². The van der Waals surface area contributed by atoms with Crippen LogP contribution >= 0.6 is 0 Å². The summed E-state index contributed by atoms with van der Waals surface area (Å²) in [5, 5.41) is 0. The van der Waals surface area contributed by atoms with Gasteiger partial charge in [0.25, 0.3) is 0 Å². The molecule has 17 heavy (non-hydrogen) atoms. The Kier molecular flexibility index (Phi) is 3.86. The molecule has 0 atom stereocenters. The lowest BCUT2D eigenvalue weighted by Gasteiger charge is -2.21. The lowest BCUT2D eigenvalue weighted by Crippen LogP contribution is -2.39. The number of nitrogens with zero attached hydrogens (tertiary/aromatic N) is 1. The van der Waals surface area contributed by atoms with Gasteiger partial charge in [0, 0.05) is 11.4 Å². The molecule has 6 N–H and O–H groups in total. The average Bonchev–Trinajstić information content (AvgIpc) is 2.13. The Morgan fingerprint density at radius 1 is 1.12 bits per heavy atom. The Morgan fingerprint density at radius 3 is 2.06 bits per heavy atom. The summed E-state index contributed by atoms with van der Waals surface area (Å²) < 4.78 is 13.1. The third-order valence-electron chi connectivity index (χ3n) is 1.96. The van der Waals surface area contributed by atoms with Crippen LogP contribution in [-0.2, 0) is 9.59 Å². The minimum Gasteiger partial charge on any atom is -0.399 e. The number of carbonyl (C=O) groups is 2. The standard InChI is InChI=1S/C10H13FN4O2/c11-6-1-7(12)3-8(2-6)15(4-9(13)16)5-10(14)17/h1-3H,4-5,12H2,(H2,13,16)(H2,14,17). The Morgan fingerprint density at radius 2 is 1.65 bits per heavy atom. The molecule has 6 nitrogen and oxygen atoms in total. The topological polar surface area (TPSA) is 115 Å². The SMILES string of the molecule is NC(=O)CN(CC(N)=O)c1cc(N)cc(F)c1. The van der Waals surface area contributed by atoms with Gasteiger partial charge in [0.1, 0.15) is 5.82 Å². The van der Waals surface area contributed by atoms with Gasteiger partial charge in [-0.3, -0.25) is 9.59 Å². The summed E-state index contributed by atoms with van der Waals surface area (Å²) in [5.74, 6) is -1.89. The van der Waals surface area contributed by atoms with Gasteiger partial charge < -0.3 is 22.1 Å². The molecule has 0 fully saturated rings. The van der Waals surface area contributed by atoms with Crippen molar-refractivity contribution in [3.8, 4) is 0 Å². The highest BCUT2D eigenvalue weighted by Gasteiger charge is 2.13. The predicted octanol–water partition coefficient (Wildman–Crippen LogP) is -0.815. The second-order valence-electron chi connectivity index (χ2n) is 3.53. The molecule has 2 amide bonds. The number of hydrogen-bond donors (Lipinski definition) is 3. The van der Waals surface area contributed by atoms with Gasteiger partial charge in [-0.1, -0.05) is 0 Å². The number of primary amides is 2. The summed E-state index contributed by atoms with van der Waals surface area (Å²) in [5.41, 5.74) is 16.0. The van der Waals surface area contributed by atoms with Crippen LogP contribution in [0.5, 0.6) is 0 Å². The molecule has 0 aromatic heterocycles. The van der Waals surface area contributed by atoms with E-state index >= 15 is 0 Å². The molecule has 0 saturated heterocycles. The Labute approximate surface area is 97.2 Å². The van der Waals surface area contributed by atoms with E-state index in [1.807, 2.05) is 0 Å². The van der Waals surface area contributed by atoms with Crippen LogP contribution in [0.25, 0.3) is 0 Å². The minimum atomic E-state index is -0.658. The van der Waals surface area contributed by atoms with E-state index in [-0.39, 0.29) is 24.5 Å². The van der Waals surface area contributed by atoms with E-state index in [1.54, 1.807) is 0 Å². The minimum absolute atomic E-state index is 0.180. The number of amides is 2. The van der Waals surface area contributed by atoms with Gasteiger partial charge in [-0.05, 0) is 18.2 Å². The summed E-state index contributed by atoms with van der Waals surface area (Å²) in [7, 11) is 0. The summed E-state index contributed by atoms with van der Waals surface area (Å²) >= 11 is 0. The molecule has 0 aliphatic heterocycles. The average molecular weight is 240 g/mol. The number of rotatable bonds is 5. The fourth-order valence-corrected chi connectivity index (χ4v) is 1.39. The molecule has 0 spiro atoms. The highest BCUT2D eigenvalue weighted by Crippen LogP contribution is 2.19. The number of nitrogens with two attached hydrogens (primary N) is 3. The van der Waals surface area contributed by atoms with Crippen LogP contribution in [0.4, 0.5) is 15.8 Å². The van der Waals surface area contributed by atoms with Gasteiger partial charge in [0.15, 0.2) is 0 Å². The summed E-state index contributed by atoms with van der Waals surface area (Å²) in [6.45, 7) is -0.488. The maximum absolute atomic E-state index is 13.1. The molecule has 0 aliphatic carbocycles. The third-order valence-corrected chi connectivity index (χ3v) is 1.96. The van der Waals surface area contributed by atoms with Crippen molar-refractivity contribution in [2.75, 3.05) is 23.7 Å². The highest BCUT2D eigenvalue weighted by atomic mass is 19.1. The van der Waals surface area contributed by atoms with Crippen LogP contribution < -0.4 is 22.1 Å². The number of hydrogen-bond acceptors (Lipinski definition) is 4. The van der Waals surface area contributed by atoms with Crippen molar-refractivity contribution in [1.29, 1.82) is 0 Å². The number of halogens is 1. The van der Waals surface area contributed by atoms with Gasteiger partial charge in [0.2, 0.25) is 11.8 Å². The van der Waals surface area contributed by atoms with Gasteiger partial charge in [-0.25, -0.2) is 4.39 Å². The molecule has 0 saturated carbocycles. The molecular weight excluding hydrogens is 227 g/mol. The highest BCUT2D eigenvalue weighted by molar-refractivity contribution is 5.85. The first-order chi connectivity index (χ1) is 7.88. The molecule has 1 aromatic rings.